The van der Waals surface area contributed by atoms with E-state index in [4.69, 9.17) is 9.84 Å². The highest BCUT2D eigenvalue weighted by molar-refractivity contribution is 5.70. The second-order valence-electron chi connectivity index (χ2n) is 12.8. The zero-order valence-corrected chi connectivity index (χ0v) is 27.2. The molecule has 1 N–H and O–H groups in total. The number of amides is 1. The van der Waals surface area contributed by atoms with E-state index in [1.54, 1.807) is 33.9 Å². The molecule has 2 aliphatic rings. The van der Waals surface area contributed by atoms with Gasteiger partial charge in [0.1, 0.15) is 6.10 Å². The highest BCUT2D eigenvalue weighted by atomic mass is 19.4. The Morgan fingerprint density at radius 2 is 1.47 bits per heavy atom. The average Bonchev–Trinajstić information content (AvgIpc) is 3.46. The van der Waals surface area contributed by atoms with Gasteiger partial charge >= 0.3 is 24.4 Å². The van der Waals surface area contributed by atoms with Crippen LogP contribution in [0.2, 0.25) is 0 Å². The second-order valence-corrected chi connectivity index (χ2v) is 12.8. The van der Waals surface area contributed by atoms with Crippen LogP contribution in [0.15, 0.2) is 43.0 Å². The predicted octanol–water partition coefficient (Wildman–Crippen LogP) is 7.33. The van der Waals surface area contributed by atoms with E-state index in [1.807, 2.05) is 13.8 Å². The third-order valence-electron chi connectivity index (χ3n) is 9.33. The molecule has 0 spiro atoms. The van der Waals surface area contributed by atoms with Crippen molar-refractivity contribution in [2.24, 2.45) is 13.0 Å². The van der Waals surface area contributed by atoms with E-state index in [9.17, 15) is 35.9 Å². The number of ether oxygens (including phenoxy) is 1. The molecule has 0 bridgehead atoms. The van der Waals surface area contributed by atoms with Crippen molar-refractivity contribution in [3.63, 3.8) is 0 Å². The number of carboxylic acid groups (broad SMARTS) is 1. The highest BCUT2D eigenvalue weighted by Gasteiger charge is 2.43. The number of hydrogen-bond donors (Lipinski definition) is 1. The average molecular weight is 697 g/mol. The van der Waals surface area contributed by atoms with Crippen molar-refractivity contribution in [3.8, 4) is 11.1 Å². The van der Waals surface area contributed by atoms with Gasteiger partial charge in [0.15, 0.2) is 0 Å². The van der Waals surface area contributed by atoms with Crippen molar-refractivity contribution in [2.75, 3.05) is 4.90 Å². The molecule has 5 rings (SSSR count). The minimum Gasteiger partial charge on any atom is -0.481 e. The first kappa shape index (κ1) is 35.9. The number of halogens is 6. The van der Waals surface area contributed by atoms with Crippen LogP contribution >= 0.6 is 0 Å². The van der Waals surface area contributed by atoms with Gasteiger partial charge in [-0.2, -0.15) is 31.4 Å². The molecule has 1 aromatic carbocycles. The maximum absolute atomic E-state index is 13.8. The molecule has 266 valence electrons. The van der Waals surface area contributed by atoms with E-state index in [0.717, 1.165) is 5.56 Å². The van der Waals surface area contributed by atoms with Crippen LogP contribution in [-0.4, -0.2) is 66.0 Å². The summed E-state index contributed by atoms with van der Waals surface area (Å²) in [5, 5.41) is 13.2. The first-order valence-corrected chi connectivity index (χ1v) is 16.1. The number of carbonyl (C=O) groups is 2. The van der Waals surface area contributed by atoms with Crippen molar-refractivity contribution >= 4 is 18.0 Å². The number of rotatable bonds is 10. The quantitative estimate of drug-likeness (QED) is 0.219. The van der Waals surface area contributed by atoms with Gasteiger partial charge in [0, 0.05) is 67.9 Å². The van der Waals surface area contributed by atoms with Gasteiger partial charge < -0.3 is 19.6 Å². The topological polar surface area (TPSA) is 114 Å². The maximum Gasteiger partial charge on any atom is 0.416 e. The van der Waals surface area contributed by atoms with Gasteiger partial charge in [0.25, 0.3) is 0 Å². The lowest BCUT2D eigenvalue weighted by atomic mass is 9.80. The minimum absolute atomic E-state index is 0.00603. The summed E-state index contributed by atoms with van der Waals surface area (Å²) in [6, 6.07) is 0.331. The number of piperidine rings is 1. The Hall–Kier alpha value is -4.37. The number of anilines is 1. The highest BCUT2D eigenvalue weighted by Crippen LogP contribution is 2.39. The Morgan fingerprint density at radius 3 is 1.94 bits per heavy atom. The van der Waals surface area contributed by atoms with Crippen LogP contribution in [0.4, 0.5) is 37.1 Å². The van der Waals surface area contributed by atoms with E-state index in [2.05, 4.69) is 15.1 Å². The summed E-state index contributed by atoms with van der Waals surface area (Å²) in [7, 11) is 1.74. The molecule has 16 heteroatoms. The van der Waals surface area contributed by atoms with Gasteiger partial charge in [-0.3, -0.25) is 9.48 Å². The molecule has 3 aromatic rings. The van der Waals surface area contributed by atoms with Gasteiger partial charge in [-0.25, -0.2) is 14.8 Å². The van der Waals surface area contributed by atoms with Gasteiger partial charge in [0.05, 0.1) is 17.3 Å². The third kappa shape index (κ3) is 8.44. The molecule has 1 amide bonds. The molecule has 49 heavy (non-hydrogen) atoms. The van der Waals surface area contributed by atoms with Gasteiger partial charge in [0.2, 0.25) is 5.95 Å². The Kier molecular flexibility index (Phi) is 10.4. The fraction of sp³-hybridized carbons (Fsp3) is 0.545. The van der Waals surface area contributed by atoms with E-state index >= 15 is 0 Å². The SMILES string of the molecule is CC[C@@H]1C[C@H](N(Cc2cc(C(F)(F)F)cc(C(F)(F)F)c2)c2ncc(-c3cnn(C)c3)cn2)C[C@H](CC)N1C(=O)OC1CC(CC(=O)O)C1. The predicted molar refractivity (Wildman–Crippen MR) is 165 cm³/mol. The molecule has 1 saturated heterocycles. The molecular formula is C33H38F6N6O4. The standard InChI is InChI=1S/C33H38F6N6O4/c1-4-25-12-27(13-26(5-2)45(25)31(48)49-28-8-19(9-28)10-29(46)47)44(30-40-14-21(15-41-30)22-16-42-43(3)18-22)17-20-6-23(32(34,35)36)11-24(7-20)33(37,38)39/h6-7,11,14-16,18-19,25-28H,4-5,8-10,12-13,17H2,1-3H3,(H,46,47)/t19?,25-,26+,27+,28?. The number of likely N-dealkylation sites (tertiary alicyclic amines) is 1. The van der Waals surface area contributed by atoms with Gasteiger partial charge in [-0.1, -0.05) is 13.8 Å². The minimum atomic E-state index is -5.01. The maximum atomic E-state index is 13.8. The van der Waals surface area contributed by atoms with Crippen molar-refractivity contribution in [1.82, 2.24) is 24.6 Å². The van der Waals surface area contributed by atoms with E-state index < -0.39 is 47.7 Å². The van der Waals surface area contributed by atoms with E-state index in [0.29, 0.717) is 56.2 Å². The number of hydrogen-bond acceptors (Lipinski definition) is 7. The first-order chi connectivity index (χ1) is 23.0. The van der Waals surface area contributed by atoms with Crippen molar-refractivity contribution in [1.29, 1.82) is 0 Å². The Labute approximate surface area is 279 Å². The van der Waals surface area contributed by atoms with E-state index in [-0.39, 0.29) is 48.5 Å². The zero-order valence-electron chi connectivity index (χ0n) is 27.2. The molecule has 10 nitrogen and oxygen atoms in total. The Morgan fingerprint density at radius 1 is 0.898 bits per heavy atom. The van der Waals surface area contributed by atoms with Crippen molar-refractivity contribution in [2.45, 2.75) is 102 Å². The van der Waals surface area contributed by atoms with Crippen LogP contribution in [0.5, 0.6) is 0 Å². The molecule has 0 unspecified atom stereocenters. The van der Waals surface area contributed by atoms with Crippen LogP contribution in [0.1, 0.15) is 75.5 Å². The normalized spacial score (nSPS) is 22.8. The molecular weight excluding hydrogens is 658 g/mol. The summed E-state index contributed by atoms with van der Waals surface area (Å²) in [5.41, 5.74) is -1.71. The lowest BCUT2D eigenvalue weighted by molar-refractivity contribution is -0.143. The van der Waals surface area contributed by atoms with Crippen molar-refractivity contribution in [3.05, 3.63) is 59.7 Å². The lowest BCUT2D eigenvalue weighted by Gasteiger charge is -2.48. The van der Waals surface area contributed by atoms with Crippen LogP contribution in [-0.2, 0) is 35.5 Å². The summed E-state index contributed by atoms with van der Waals surface area (Å²) < 4.78 is 90.0. The van der Waals surface area contributed by atoms with Crippen LogP contribution in [0.25, 0.3) is 11.1 Å². The molecule has 2 aromatic heterocycles. The van der Waals surface area contributed by atoms with Crippen LogP contribution < -0.4 is 4.90 Å². The van der Waals surface area contributed by atoms with Crippen LogP contribution in [0.3, 0.4) is 0 Å². The smallest absolute Gasteiger partial charge is 0.416 e. The van der Waals surface area contributed by atoms with Crippen LogP contribution in [0, 0.1) is 5.92 Å². The number of alkyl halides is 6. The number of carbonyl (C=O) groups excluding carboxylic acids is 1. The number of carboxylic acids is 1. The Balaban J connectivity index is 1.45. The molecule has 1 saturated carbocycles. The zero-order chi connectivity index (χ0) is 35.7. The molecule has 3 atom stereocenters. The summed E-state index contributed by atoms with van der Waals surface area (Å²) >= 11 is 0. The van der Waals surface area contributed by atoms with Crippen molar-refractivity contribution < 1.29 is 45.8 Å². The number of nitrogens with zero attached hydrogens (tertiary/aromatic N) is 6. The molecule has 1 aliphatic heterocycles. The third-order valence-corrected chi connectivity index (χ3v) is 9.33. The monoisotopic (exact) mass is 696 g/mol. The molecule has 1 aliphatic carbocycles. The second kappa shape index (κ2) is 14.2. The largest absolute Gasteiger partial charge is 0.481 e. The number of aliphatic carboxylic acids is 1. The fourth-order valence-electron chi connectivity index (χ4n) is 6.78. The summed E-state index contributed by atoms with van der Waals surface area (Å²) in [4.78, 5) is 36.8. The number of aryl methyl sites for hydroxylation is 1. The summed E-state index contributed by atoms with van der Waals surface area (Å²) in [5.74, 6) is -0.853. The first-order valence-electron chi connectivity index (χ1n) is 16.1. The molecule has 0 radical (unpaired) electrons. The lowest BCUT2D eigenvalue weighted by Crippen LogP contribution is -2.57. The molecule has 3 heterocycles. The number of benzene rings is 1. The van der Waals surface area contributed by atoms with Gasteiger partial charge in [-0.05, 0) is 68.2 Å². The van der Waals surface area contributed by atoms with Gasteiger partial charge in [-0.15, -0.1) is 0 Å². The van der Waals surface area contributed by atoms with E-state index in [1.165, 1.54) is 12.4 Å². The molecule has 2 fully saturated rings. The Bertz CT molecular complexity index is 1580. The summed E-state index contributed by atoms with van der Waals surface area (Å²) in [6.45, 7) is 3.42. The number of aromatic nitrogens is 4. The summed E-state index contributed by atoms with van der Waals surface area (Å²) in [6.07, 6.45) is -1.94. The fourth-order valence-corrected chi connectivity index (χ4v) is 6.78.